The van der Waals surface area contributed by atoms with Crippen LogP contribution in [0.25, 0.3) is 0 Å². The highest BCUT2D eigenvalue weighted by Gasteiger charge is 2.09. The predicted molar refractivity (Wildman–Crippen MR) is 82.6 cm³/mol. The summed E-state index contributed by atoms with van der Waals surface area (Å²) >= 11 is 1.15. The lowest BCUT2D eigenvalue weighted by Crippen LogP contribution is -2.11. The van der Waals surface area contributed by atoms with Gasteiger partial charge >= 0.3 is 0 Å². The maximum Gasteiger partial charge on any atom is 0.257 e. The molecular formula is C15H11N5OS. The third-order valence-corrected chi connectivity index (χ3v) is 3.79. The van der Waals surface area contributed by atoms with Crippen molar-refractivity contribution >= 4 is 22.4 Å². The SMILES string of the molecule is N#Cc1cnc(NC(=O)c2ccc(Cn3ccnc3)cc2)s1. The standard InChI is InChI=1S/C15H11N5OS/c16-7-13-8-18-15(22-13)19-14(21)12-3-1-11(2-4-12)9-20-6-5-17-10-20/h1-6,8,10H,9H2,(H,18,19,21). The first-order valence-corrected chi connectivity index (χ1v) is 7.28. The number of nitriles is 1. The summed E-state index contributed by atoms with van der Waals surface area (Å²) in [6.45, 7) is 0.708. The van der Waals surface area contributed by atoms with Gasteiger partial charge < -0.3 is 4.57 Å². The van der Waals surface area contributed by atoms with Crippen LogP contribution in [0, 0.1) is 11.3 Å². The molecular weight excluding hydrogens is 298 g/mol. The van der Waals surface area contributed by atoms with Crippen molar-refractivity contribution in [2.24, 2.45) is 0 Å². The van der Waals surface area contributed by atoms with Gasteiger partial charge in [-0.1, -0.05) is 23.5 Å². The Morgan fingerprint density at radius 2 is 2.18 bits per heavy atom. The van der Waals surface area contributed by atoms with Crippen molar-refractivity contribution in [2.45, 2.75) is 6.54 Å². The number of imidazole rings is 1. The molecule has 0 atom stereocenters. The summed E-state index contributed by atoms with van der Waals surface area (Å²) in [4.78, 5) is 20.5. The van der Waals surface area contributed by atoms with Crippen molar-refractivity contribution < 1.29 is 4.79 Å². The molecule has 1 aromatic carbocycles. The van der Waals surface area contributed by atoms with Gasteiger partial charge in [-0.2, -0.15) is 5.26 Å². The summed E-state index contributed by atoms with van der Waals surface area (Å²) in [5.74, 6) is -0.243. The molecule has 0 unspecified atom stereocenters. The molecule has 6 nitrogen and oxygen atoms in total. The number of hydrogen-bond acceptors (Lipinski definition) is 5. The van der Waals surface area contributed by atoms with E-state index in [1.807, 2.05) is 29.0 Å². The number of thiazole rings is 1. The van der Waals surface area contributed by atoms with Crippen molar-refractivity contribution in [1.29, 1.82) is 5.26 Å². The van der Waals surface area contributed by atoms with Gasteiger partial charge in [-0.15, -0.1) is 0 Å². The molecule has 0 saturated carbocycles. The van der Waals surface area contributed by atoms with E-state index in [1.54, 1.807) is 24.7 Å². The lowest BCUT2D eigenvalue weighted by molar-refractivity contribution is 0.102. The van der Waals surface area contributed by atoms with Crippen molar-refractivity contribution in [3.05, 3.63) is 65.2 Å². The molecule has 108 valence electrons. The lowest BCUT2D eigenvalue weighted by Gasteiger charge is -2.05. The van der Waals surface area contributed by atoms with Gasteiger partial charge in [-0.3, -0.25) is 10.1 Å². The van der Waals surface area contributed by atoms with Crippen LogP contribution in [0.3, 0.4) is 0 Å². The van der Waals surface area contributed by atoms with Gasteiger partial charge in [0.05, 0.1) is 12.5 Å². The first-order valence-electron chi connectivity index (χ1n) is 6.46. The number of carbonyl (C=O) groups excluding carboxylic acids is 1. The lowest BCUT2D eigenvalue weighted by atomic mass is 10.1. The van der Waals surface area contributed by atoms with E-state index in [1.165, 1.54) is 6.20 Å². The molecule has 0 radical (unpaired) electrons. The minimum absolute atomic E-state index is 0.243. The Labute approximate surface area is 130 Å². The third kappa shape index (κ3) is 3.19. The zero-order valence-electron chi connectivity index (χ0n) is 11.4. The van der Waals surface area contributed by atoms with Gasteiger partial charge in [0.25, 0.3) is 5.91 Å². The molecule has 0 fully saturated rings. The molecule has 2 aromatic heterocycles. The van der Waals surface area contributed by atoms with E-state index in [4.69, 9.17) is 5.26 Å². The van der Waals surface area contributed by atoms with Crippen molar-refractivity contribution in [2.75, 3.05) is 5.32 Å². The number of nitrogens with zero attached hydrogens (tertiary/aromatic N) is 4. The molecule has 2 heterocycles. The fourth-order valence-electron chi connectivity index (χ4n) is 1.91. The number of rotatable bonds is 4. The summed E-state index contributed by atoms with van der Waals surface area (Å²) in [6, 6.07) is 9.32. The fourth-order valence-corrected chi connectivity index (χ4v) is 2.51. The summed E-state index contributed by atoms with van der Waals surface area (Å²) in [7, 11) is 0. The second kappa shape index (κ2) is 6.20. The van der Waals surface area contributed by atoms with Crippen LogP contribution in [0.4, 0.5) is 5.13 Å². The Morgan fingerprint density at radius 1 is 1.36 bits per heavy atom. The first-order chi connectivity index (χ1) is 10.7. The molecule has 7 heteroatoms. The van der Waals surface area contributed by atoms with Gasteiger partial charge in [0.15, 0.2) is 5.13 Å². The zero-order chi connectivity index (χ0) is 15.4. The van der Waals surface area contributed by atoms with Crippen LogP contribution < -0.4 is 5.32 Å². The van der Waals surface area contributed by atoms with Crippen molar-refractivity contribution in [3.8, 4) is 6.07 Å². The highest BCUT2D eigenvalue weighted by atomic mass is 32.1. The van der Waals surface area contributed by atoms with E-state index >= 15 is 0 Å². The van der Waals surface area contributed by atoms with E-state index < -0.39 is 0 Å². The monoisotopic (exact) mass is 309 g/mol. The van der Waals surface area contributed by atoms with Gasteiger partial charge in [0, 0.05) is 24.5 Å². The Kier molecular flexibility index (Phi) is 3.94. The summed E-state index contributed by atoms with van der Waals surface area (Å²) < 4.78 is 1.95. The second-order valence-corrected chi connectivity index (χ2v) is 5.56. The van der Waals surface area contributed by atoms with Crippen LogP contribution in [-0.4, -0.2) is 20.4 Å². The van der Waals surface area contributed by atoms with E-state index in [0.29, 0.717) is 22.1 Å². The van der Waals surface area contributed by atoms with Crippen LogP contribution in [0.1, 0.15) is 20.8 Å². The molecule has 0 spiro atoms. The predicted octanol–water partition coefficient (Wildman–Crippen LogP) is 2.51. The number of anilines is 1. The van der Waals surface area contributed by atoms with Crippen LogP contribution >= 0.6 is 11.3 Å². The number of amides is 1. The number of carbonyl (C=O) groups is 1. The zero-order valence-corrected chi connectivity index (χ0v) is 12.2. The van der Waals surface area contributed by atoms with Gasteiger partial charge in [0.1, 0.15) is 10.9 Å². The number of benzene rings is 1. The highest BCUT2D eigenvalue weighted by molar-refractivity contribution is 7.16. The number of hydrogen-bond donors (Lipinski definition) is 1. The van der Waals surface area contributed by atoms with Crippen LogP contribution in [0.2, 0.25) is 0 Å². The number of nitrogens with one attached hydrogen (secondary N) is 1. The molecule has 0 bridgehead atoms. The largest absolute Gasteiger partial charge is 0.333 e. The second-order valence-electron chi connectivity index (χ2n) is 4.53. The van der Waals surface area contributed by atoms with E-state index in [2.05, 4.69) is 15.3 Å². The molecule has 3 aromatic rings. The summed E-state index contributed by atoms with van der Waals surface area (Å²) in [6.07, 6.45) is 6.80. The maximum absolute atomic E-state index is 12.1. The van der Waals surface area contributed by atoms with Crippen LogP contribution in [0.5, 0.6) is 0 Å². The smallest absolute Gasteiger partial charge is 0.257 e. The highest BCUT2D eigenvalue weighted by Crippen LogP contribution is 2.18. The number of aromatic nitrogens is 3. The van der Waals surface area contributed by atoms with E-state index in [0.717, 1.165) is 16.9 Å². The van der Waals surface area contributed by atoms with Crippen molar-refractivity contribution in [3.63, 3.8) is 0 Å². The molecule has 1 N–H and O–H groups in total. The van der Waals surface area contributed by atoms with Crippen LogP contribution in [0.15, 0.2) is 49.2 Å². The van der Waals surface area contributed by atoms with Crippen LogP contribution in [-0.2, 0) is 6.54 Å². The Balaban J connectivity index is 1.67. The van der Waals surface area contributed by atoms with Crippen molar-refractivity contribution in [1.82, 2.24) is 14.5 Å². The quantitative estimate of drug-likeness (QED) is 0.802. The molecule has 0 aliphatic heterocycles. The molecule has 1 amide bonds. The molecule has 22 heavy (non-hydrogen) atoms. The Bertz CT molecular complexity index is 814. The van der Waals surface area contributed by atoms with E-state index in [9.17, 15) is 4.79 Å². The first kappa shape index (κ1) is 14.0. The summed E-state index contributed by atoms with van der Waals surface area (Å²) in [5.41, 5.74) is 1.62. The van der Waals surface area contributed by atoms with E-state index in [-0.39, 0.29) is 5.91 Å². The topological polar surface area (TPSA) is 83.6 Å². The molecule has 0 aliphatic carbocycles. The minimum Gasteiger partial charge on any atom is -0.333 e. The Morgan fingerprint density at radius 3 is 2.82 bits per heavy atom. The van der Waals surface area contributed by atoms with Gasteiger partial charge in [-0.25, -0.2) is 9.97 Å². The molecule has 0 saturated heterocycles. The molecule has 0 aliphatic rings. The average Bonchev–Trinajstić information content (AvgIpc) is 3.19. The minimum atomic E-state index is -0.243. The normalized spacial score (nSPS) is 10.1. The average molecular weight is 309 g/mol. The summed E-state index contributed by atoms with van der Waals surface area (Å²) in [5, 5.41) is 11.8. The molecule has 3 rings (SSSR count). The van der Waals surface area contributed by atoms with Gasteiger partial charge in [0.2, 0.25) is 0 Å². The maximum atomic E-state index is 12.1. The third-order valence-electron chi connectivity index (χ3n) is 2.98. The van der Waals surface area contributed by atoms with Gasteiger partial charge in [-0.05, 0) is 17.7 Å². The fraction of sp³-hybridized carbons (Fsp3) is 0.0667. The Hall–Kier alpha value is -2.98.